The molecule has 2 amide bonds. The van der Waals surface area contributed by atoms with Crippen LogP contribution in [0.25, 0.3) is 0 Å². The summed E-state index contributed by atoms with van der Waals surface area (Å²) in [4.78, 5) is 48.6. The van der Waals surface area contributed by atoms with Gasteiger partial charge in [-0.2, -0.15) is 10.5 Å². The number of nitriles is 2. The second-order valence-electron chi connectivity index (χ2n) is 9.61. The normalized spacial score (nSPS) is 12.6. The molecule has 1 aromatic rings. The van der Waals surface area contributed by atoms with E-state index in [0.717, 1.165) is 12.1 Å². The SMILES string of the molecule is CC(NC(=O)OC(C)(C)C)C(=O)Oc1ccc(OC(=O)C(C)NC(=O)OC(C)(C)C)c(C#N)c1C#N. The molecule has 194 valence electrons. The van der Waals surface area contributed by atoms with Crippen molar-refractivity contribution in [3.05, 3.63) is 23.3 Å². The lowest BCUT2D eigenvalue weighted by Crippen LogP contribution is -2.43. The van der Waals surface area contributed by atoms with Crippen molar-refractivity contribution in [3.63, 3.8) is 0 Å². The van der Waals surface area contributed by atoms with Crippen molar-refractivity contribution < 1.29 is 38.1 Å². The molecule has 0 aliphatic rings. The van der Waals surface area contributed by atoms with Crippen LogP contribution in [0, 0.1) is 22.7 Å². The van der Waals surface area contributed by atoms with Crippen LogP contribution in [-0.4, -0.2) is 47.4 Å². The van der Waals surface area contributed by atoms with Crippen LogP contribution in [0.4, 0.5) is 9.59 Å². The van der Waals surface area contributed by atoms with Gasteiger partial charge in [0.1, 0.15) is 58.1 Å². The summed E-state index contributed by atoms with van der Waals surface area (Å²) in [6.07, 6.45) is -1.69. The highest BCUT2D eigenvalue weighted by molar-refractivity contribution is 5.85. The molecule has 2 N–H and O–H groups in total. The van der Waals surface area contributed by atoms with Crippen LogP contribution in [0.2, 0.25) is 0 Å². The summed E-state index contributed by atoms with van der Waals surface area (Å²) >= 11 is 0. The highest BCUT2D eigenvalue weighted by atomic mass is 16.6. The average Bonchev–Trinajstić information content (AvgIpc) is 2.71. The molecule has 0 aromatic heterocycles. The Morgan fingerprint density at radius 1 is 0.722 bits per heavy atom. The zero-order valence-corrected chi connectivity index (χ0v) is 21.5. The van der Waals surface area contributed by atoms with Gasteiger partial charge in [0.25, 0.3) is 0 Å². The first kappa shape index (κ1) is 29.7. The van der Waals surface area contributed by atoms with Gasteiger partial charge in [-0.1, -0.05) is 0 Å². The Labute approximate surface area is 209 Å². The van der Waals surface area contributed by atoms with Gasteiger partial charge in [-0.15, -0.1) is 0 Å². The van der Waals surface area contributed by atoms with Gasteiger partial charge in [-0.3, -0.25) is 0 Å². The molecular weight excluding hydrogens is 472 g/mol. The molecule has 0 bridgehead atoms. The van der Waals surface area contributed by atoms with Gasteiger partial charge in [0.2, 0.25) is 0 Å². The number of nitrogens with one attached hydrogen (secondary N) is 2. The number of hydrogen-bond donors (Lipinski definition) is 2. The lowest BCUT2D eigenvalue weighted by atomic mass is 10.1. The van der Waals surface area contributed by atoms with E-state index in [-0.39, 0.29) is 22.6 Å². The van der Waals surface area contributed by atoms with Crippen molar-refractivity contribution in [2.45, 2.75) is 78.7 Å². The predicted molar refractivity (Wildman–Crippen MR) is 125 cm³/mol. The van der Waals surface area contributed by atoms with E-state index in [1.54, 1.807) is 53.7 Å². The molecule has 2 unspecified atom stereocenters. The third-order valence-corrected chi connectivity index (χ3v) is 3.95. The molecule has 0 fully saturated rings. The highest BCUT2D eigenvalue weighted by Crippen LogP contribution is 2.30. The second-order valence-corrected chi connectivity index (χ2v) is 9.61. The Bertz CT molecular complexity index is 1020. The fourth-order valence-electron chi connectivity index (χ4n) is 2.44. The van der Waals surface area contributed by atoms with Crippen LogP contribution in [0.3, 0.4) is 0 Å². The van der Waals surface area contributed by atoms with Crippen LogP contribution in [0.15, 0.2) is 12.1 Å². The average molecular weight is 503 g/mol. The number of rotatable bonds is 6. The summed E-state index contributed by atoms with van der Waals surface area (Å²) < 4.78 is 20.5. The van der Waals surface area contributed by atoms with Gasteiger partial charge in [0, 0.05) is 0 Å². The summed E-state index contributed by atoms with van der Waals surface area (Å²) in [5.41, 5.74) is -2.30. The van der Waals surface area contributed by atoms with Crippen molar-refractivity contribution in [2.24, 2.45) is 0 Å². The molecule has 0 saturated carbocycles. The fraction of sp³-hybridized carbons (Fsp3) is 0.500. The summed E-state index contributed by atoms with van der Waals surface area (Å²) in [6, 6.07) is 3.51. The Balaban J connectivity index is 3.00. The fourth-order valence-corrected chi connectivity index (χ4v) is 2.44. The summed E-state index contributed by atoms with van der Waals surface area (Å²) in [7, 11) is 0. The number of carbonyl (C=O) groups excluding carboxylic acids is 4. The van der Waals surface area contributed by atoms with Gasteiger partial charge < -0.3 is 29.6 Å². The predicted octanol–water partition coefficient (Wildman–Crippen LogP) is 3.07. The molecule has 0 spiro atoms. The maximum Gasteiger partial charge on any atom is 0.408 e. The number of alkyl carbamates (subject to hydrolysis) is 2. The Morgan fingerprint density at radius 3 is 1.28 bits per heavy atom. The quantitative estimate of drug-likeness (QED) is 0.434. The van der Waals surface area contributed by atoms with E-state index in [0.29, 0.717) is 0 Å². The molecular formula is C24H30N4O8. The molecule has 0 saturated heterocycles. The van der Waals surface area contributed by atoms with E-state index in [2.05, 4.69) is 10.6 Å². The molecule has 0 heterocycles. The molecule has 0 aliphatic carbocycles. The highest BCUT2D eigenvalue weighted by Gasteiger charge is 2.27. The number of carbonyl (C=O) groups is 4. The van der Waals surface area contributed by atoms with E-state index in [1.165, 1.54) is 13.8 Å². The monoisotopic (exact) mass is 502 g/mol. The zero-order valence-electron chi connectivity index (χ0n) is 21.5. The topological polar surface area (TPSA) is 177 Å². The van der Waals surface area contributed by atoms with Crippen LogP contribution in [-0.2, 0) is 19.1 Å². The van der Waals surface area contributed by atoms with Crippen molar-refractivity contribution >= 4 is 24.1 Å². The lowest BCUT2D eigenvalue weighted by molar-refractivity contribution is -0.137. The van der Waals surface area contributed by atoms with Crippen molar-refractivity contribution in [1.82, 2.24) is 10.6 Å². The van der Waals surface area contributed by atoms with Gasteiger partial charge in [0.05, 0.1) is 0 Å². The first-order valence-corrected chi connectivity index (χ1v) is 10.9. The summed E-state index contributed by atoms with van der Waals surface area (Å²) in [6.45, 7) is 12.6. The number of benzene rings is 1. The molecule has 36 heavy (non-hydrogen) atoms. The molecule has 0 radical (unpaired) electrons. The van der Waals surface area contributed by atoms with E-state index < -0.39 is 47.4 Å². The van der Waals surface area contributed by atoms with E-state index >= 15 is 0 Å². The number of hydrogen-bond acceptors (Lipinski definition) is 10. The van der Waals surface area contributed by atoms with Crippen LogP contribution in [0.1, 0.15) is 66.5 Å². The van der Waals surface area contributed by atoms with Gasteiger partial charge >= 0.3 is 24.1 Å². The largest absolute Gasteiger partial charge is 0.444 e. The number of esters is 2. The number of amides is 2. The van der Waals surface area contributed by atoms with Crippen molar-refractivity contribution in [3.8, 4) is 23.6 Å². The minimum Gasteiger partial charge on any atom is -0.444 e. The van der Waals surface area contributed by atoms with Gasteiger partial charge in [-0.05, 0) is 67.5 Å². The van der Waals surface area contributed by atoms with Gasteiger partial charge in [-0.25, -0.2) is 19.2 Å². The molecule has 0 aliphatic heterocycles. The standard InChI is InChI=1S/C24H30N4O8/c1-13(27-21(31)35-23(3,4)5)19(29)33-17-9-10-18(16(12-26)15(17)11-25)34-20(30)14(2)28-22(32)36-24(6,7)8/h9-10,13-14H,1-8H3,(H,27,31)(H,28,32). The van der Waals surface area contributed by atoms with Crippen LogP contribution < -0.4 is 20.1 Å². The third-order valence-electron chi connectivity index (χ3n) is 3.95. The van der Waals surface area contributed by atoms with Gasteiger partial charge in [0.15, 0.2) is 0 Å². The Hall–Kier alpha value is -4.32. The third kappa shape index (κ3) is 9.50. The number of nitrogens with zero attached hydrogens (tertiary/aromatic N) is 2. The minimum absolute atomic E-state index is 0.281. The molecule has 1 aromatic carbocycles. The second kappa shape index (κ2) is 11.9. The van der Waals surface area contributed by atoms with Crippen LogP contribution in [0.5, 0.6) is 11.5 Å². The first-order valence-electron chi connectivity index (χ1n) is 10.9. The lowest BCUT2D eigenvalue weighted by Gasteiger charge is -2.22. The zero-order chi connectivity index (χ0) is 27.8. The first-order chi connectivity index (χ1) is 16.5. The summed E-state index contributed by atoms with van der Waals surface area (Å²) in [5, 5.41) is 23.7. The van der Waals surface area contributed by atoms with Crippen molar-refractivity contribution in [1.29, 1.82) is 10.5 Å². The minimum atomic E-state index is -1.14. The smallest absolute Gasteiger partial charge is 0.408 e. The Kier molecular flexibility index (Phi) is 9.81. The Morgan fingerprint density at radius 2 is 1.03 bits per heavy atom. The van der Waals surface area contributed by atoms with Crippen molar-refractivity contribution in [2.75, 3.05) is 0 Å². The maximum absolute atomic E-state index is 12.4. The van der Waals surface area contributed by atoms with E-state index in [9.17, 15) is 29.7 Å². The molecule has 12 nitrogen and oxygen atoms in total. The molecule has 12 heteroatoms. The summed E-state index contributed by atoms with van der Waals surface area (Å²) in [5.74, 6) is -2.42. The van der Waals surface area contributed by atoms with Crippen LogP contribution >= 0.6 is 0 Å². The molecule has 2 atom stereocenters. The van der Waals surface area contributed by atoms with E-state index in [4.69, 9.17) is 18.9 Å². The molecule has 1 rings (SSSR count). The maximum atomic E-state index is 12.4. The van der Waals surface area contributed by atoms with E-state index in [1.807, 2.05) is 0 Å². The number of ether oxygens (including phenoxy) is 4.